The van der Waals surface area contributed by atoms with E-state index in [0.717, 1.165) is 68.2 Å². The van der Waals surface area contributed by atoms with Gasteiger partial charge < -0.3 is 33.6 Å². The lowest BCUT2D eigenvalue weighted by atomic mass is 9.72. The summed E-state index contributed by atoms with van der Waals surface area (Å²) in [6.07, 6.45) is 2.23. The Morgan fingerprint density at radius 1 is 1.05 bits per heavy atom. The fourth-order valence-electron chi connectivity index (χ4n) is 8.25. The molecule has 3 fully saturated rings. The molecule has 56 heavy (non-hydrogen) atoms. The summed E-state index contributed by atoms with van der Waals surface area (Å²) >= 11 is 0. The second kappa shape index (κ2) is 15.7. The van der Waals surface area contributed by atoms with E-state index in [2.05, 4.69) is 26.6 Å². The van der Waals surface area contributed by atoms with Crippen LogP contribution in [0.3, 0.4) is 0 Å². The third kappa shape index (κ3) is 8.53. The highest BCUT2D eigenvalue weighted by Gasteiger charge is 2.48. The van der Waals surface area contributed by atoms with Gasteiger partial charge in [-0.3, -0.25) is 5.10 Å². The van der Waals surface area contributed by atoms with Crippen LogP contribution in [-0.2, 0) is 9.47 Å². The van der Waals surface area contributed by atoms with Gasteiger partial charge in [-0.1, -0.05) is 18.7 Å². The number of H-pyrrole nitrogens is 1. The summed E-state index contributed by atoms with van der Waals surface area (Å²) in [4.78, 5) is 28.9. The SMILES string of the molecule is C=Cc1cc2c(N3CCC4(CC3)CN(C(=O)OC(C)(C)C)C4)nc(OC3CCN(CCCOC)CC3)nc2c(OCC(F)(F)F)c1-c1c(C)ccc2[nH]ncc12. The fraction of sp³-hybridized carbons (Fsp3) is 0.561. The highest BCUT2D eigenvalue weighted by Crippen LogP contribution is 2.48. The van der Waals surface area contributed by atoms with E-state index in [1.165, 1.54) is 0 Å². The van der Waals surface area contributed by atoms with Crippen molar-refractivity contribution >= 4 is 39.8 Å². The van der Waals surface area contributed by atoms with Crippen molar-refractivity contribution in [3.05, 3.63) is 42.1 Å². The van der Waals surface area contributed by atoms with E-state index >= 15 is 0 Å². The molecule has 1 amide bonds. The Kier molecular flexibility index (Phi) is 11.1. The van der Waals surface area contributed by atoms with Crippen LogP contribution in [0.4, 0.5) is 23.8 Å². The highest BCUT2D eigenvalue weighted by molar-refractivity contribution is 6.07. The molecule has 15 heteroatoms. The number of aromatic nitrogens is 4. The van der Waals surface area contributed by atoms with Crippen molar-refractivity contribution in [1.29, 1.82) is 0 Å². The van der Waals surface area contributed by atoms with Gasteiger partial charge >= 0.3 is 18.3 Å². The number of carbonyl (C=O) groups excluding carboxylic acids is 1. The number of hydrogen-bond acceptors (Lipinski definition) is 10. The Labute approximate surface area is 325 Å². The van der Waals surface area contributed by atoms with Crippen LogP contribution < -0.4 is 14.4 Å². The van der Waals surface area contributed by atoms with Crippen LogP contribution in [0.5, 0.6) is 11.8 Å². The number of halogens is 3. The van der Waals surface area contributed by atoms with Crippen molar-refractivity contribution in [3.63, 3.8) is 0 Å². The van der Waals surface area contributed by atoms with Crippen molar-refractivity contribution in [2.75, 3.05) is 71.0 Å². The average Bonchev–Trinajstić information content (AvgIpc) is 3.61. The van der Waals surface area contributed by atoms with Gasteiger partial charge in [-0.15, -0.1) is 0 Å². The van der Waals surface area contributed by atoms with Gasteiger partial charge in [0.05, 0.1) is 11.7 Å². The van der Waals surface area contributed by atoms with E-state index in [9.17, 15) is 18.0 Å². The zero-order valence-electron chi connectivity index (χ0n) is 32.9. The third-order valence-electron chi connectivity index (χ3n) is 11.1. The molecule has 0 aliphatic carbocycles. The summed E-state index contributed by atoms with van der Waals surface area (Å²) in [5, 5.41) is 8.48. The molecule has 3 aliphatic heterocycles. The van der Waals surface area contributed by atoms with Crippen molar-refractivity contribution in [2.24, 2.45) is 5.41 Å². The minimum absolute atomic E-state index is 0.0199. The van der Waals surface area contributed by atoms with Crippen molar-refractivity contribution in [1.82, 2.24) is 30.0 Å². The Hall–Kier alpha value is -4.63. The number of carbonyl (C=O) groups is 1. The summed E-state index contributed by atoms with van der Waals surface area (Å²) in [7, 11) is 1.70. The molecule has 3 aliphatic rings. The monoisotopic (exact) mass is 779 g/mol. The quantitative estimate of drug-likeness (QED) is 0.151. The molecular weight excluding hydrogens is 727 g/mol. The van der Waals surface area contributed by atoms with Crippen molar-refractivity contribution in [2.45, 2.75) is 77.7 Å². The topological polar surface area (TPSA) is 118 Å². The number of fused-ring (bicyclic) bond motifs is 2. The van der Waals surface area contributed by atoms with Crippen molar-refractivity contribution < 1.29 is 36.9 Å². The van der Waals surface area contributed by atoms with Crippen molar-refractivity contribution in [3.8, 4) is 22.9 Å². The average molecular weight is 780 g/mol. The smallest absolute Gasteiger partial charge is 0.422 e. The molecule has 5 heterocycles. The van der Waals surface area contributed by atoms with Gasteiger partial charge in [0.1, 0.15) is 23.0 Å². The number of aryl methyl sites for hydroxylation is 1. The highest BCUT2D eigenvalue weighted by atomic mass is 19.4. The fourth-order valence-corrected chi connectivity index (χ4v) is 8.25. The van der Waals surface area contributed by atoms with Gasteiger partial charge in [0, 0.05) is 81.3 Å². The van der Waals surface area contributed by atoms with Crippen LogP contribution in [0, 0.1) is 12.3 Å². The number of benzene rings is 2. The number of amides is 1. The maximum Gasteiger partial charge on any atom is 0.422 e. The number of anilines is 1. The summed E-state index contributed by atoms with van der Waals surface area (Å²) in [5.74, 6) is 0.540. The number of methoxy groups -OCH3 is 1. The molecule has 12 nitrogen and oxygen atoms in total. The number of likely N-dealkylation sites (tertiary alicyclic amines) is 2. The second-order valence-electron chi connectivity index (χ2n) is 16.4. The molecule has 1 N–H and O–H groups in total. The molecule has 0 unspecified atom stereocenters. The van der Waals surface area contributed by atoms with Gasteiger partial charge in [-0.2, -0.15) is 28.2 Å². The van der Waals surface area contributed by atoms with Crippen LogP contribution >= 0.6 is 0 Å². The Bertz CT molecular complexity index is 2060. The predicted octanol–water partition coefficient (Wildman–Crippen LogP) is 7.78. The molecule has 2 aromatic carbocycles. The first-order valence-electron chi connectivity index (χ1n) is 19.4. The number of aromatic amines is 1. The van der Waals surface area contributed by atoms with E-state index in [-0.39, 0.29) is 34.9 Å². The number of ether oxygens (including phenoxy) is 4. The first-order chi connectivity index (χ1) is 26.7. The molecule has 0 bridgehead atoms. The number of nitrogens with one attached hydrogen (secondary N) is 1. The van der Waals surface area contributed by atoms with Crippen LogP contribution in [0.1, 0.15) is 64.0 Å². The molecule has 2 aromatic heterocycles. The lowest BCUT2D eigenvalue weighted by Gasteiger charge is -2.53. The first-order valence-corrected chi connectivity index (χ1v) is 19.4. The Morgan fingerprint density at radius 3 is 2.45 bits per heavy atom. The first kappa shape index (κ1) is 39.6. The van der Waals surface area contributed by atoms with E-state index in [4.69, 9.17) is 28.9 Å². The predicted molar refractivity (Wildman–Crippen MR) is 209 cm³/mol. The van der Waals surface area contributed by atoms with Gasteiger partial charge in [-0.25, -0.2) is 4.79 Å². The number of alkyl halides is 3. The maximum atomic E-state index is 14.0. The molecule has 3 saturated heterocycles. The van der Waals surface area contributed by atoms with E-state index < -0.39 is 18.4 Å². The van der Waals surface area contributed by atoms with E-state index in [1.807, 2.05) is 45.9 Å². The van der Waals surface area contributed by atoms with Gasteiger partial charge in [-0.05, 0) is 88.6 Å². The summed E-state index contributed by atoms with van der Waals surface area (Å²) in [6.45, 7) is 15.8. The van der Waals surface area contributed by atoms with Gasteiger partial charge in [0.2, 0.25) is 0 Å². The normalized spacial score (nSPS) is 18.1. The summed E-state index contributed by atoms with van der Waals surface area (Å²) < 4.78 is 65.3. The van der Waals surface area contributed by atoms with E-state index in [1.54, 1.807) is 24.3 Å². The lowest BCUT2D eigenvalue weighted by Crippen LogP contribution is -2.62. The minimum atomic E-state index is -4.62. The Balaban J connectivity index is 1.28. The number of nitrogens with zero attached hydrogens (tertiary/aromatic N) is 6. The van der Waals surface area contributed by atoms with Crippen LogP contribution in [0.25, 0.3) is 39.0 Å². The van der Waals surface area contributed by atoms with E-state index in [0.29, 0.717) is 60.7 Å². The molecule has 4 aromatic rings. The molecule has 0 saturated carbocycles. The third-order valence-corrected chi connectivity index (χ3v) is 11.1. The molecule has 7 rings (SSSR count). The van der Waals surface area contributed by atoms with Crippen LogP contribution in [-0.4, -0.2) is 120 Å². The number of hydrogen-bond donors (Lipinski definition) is 1. The maximum absolute atomic E-state index is 14.0. The van der Waals surface area contributed by atoms with Crippen LogP contribution in [0.2, 0.25) is 0 Å². The molecule has 302 valence electrons. The molecule has 0 radical (unpaired) electrons. The molecule has 1 spiro atoms. The summed E-state index contributed by atoms with van der Waals surface area (Å²) in [6, 6.07) is 5.78. The second-order valence-corrected chi connectivity index (χ2v) is 16.4. The lowest BCUT2D eigenvalue weighted by molar-refractivity contribution is -0.153. The standard InChI is InChI=1S/C41H52F3N7O5/c1-7-27-21-29-34(35(54-25-41(42,43)44)33(27)32-26(2)9-10-31-30(32)22-45-48-31)46-37(55-28-11-16-49(17-12-28)15-8-20-53-6)47-36(29)50-18-13-40(14-19-50)23-51(24-40)38(52)56-39(3,4)5/h7,9-10,21-22,28H,1,8,11-20,23-25H2,2-6H3,(H,45,48). The number of piperidine rings is 2. The zero-order valence-corrected chi connectivity index (χ0v) is 32.9. The molecular formula is C41H52F3N7O5. The van der Waals surface area contributed by atoms with Gasteiger partial charge in [0.15, 0.2) is 12.4 Å². The molecule has 0 atom stereocenters. The largest absolute Gasteiger partial charge is 0.481 e. The summed E-state index contributed by atoms with van der Waals surface area (Å²) in [5.41, 5.74) is 2.85. The zero-order chi connectivity index (χ0) is 39.8. The van der Waals surface area contributed by atoms with Crippen LogP contribution in [0.15, 0.2) is 31.0 Å². The van der Waals surface area contributed by atoms with Gasteiger partial charge in [0.25, 0.3) is 0 Å². The number of rotatable bonds is 11. The minimum Gasteiger partial charge on any atom is -0.481 e. The Morgan fingerprint density at radius 2 is 1.79 bits per heavy atom.